The van der Waals surface area contributed by atoms with Crippen LogP contribution in [0.5, 0.6) is 0 Å². The average Bonchev–Trinajstić information content (AvgIpc) is 2.04. The van der Waals surface area contributed by atoms with Gasteiger partial charge in [-0.2, -0.15) is 0 Å². The van der Waals surface area contributed by atoms with Crippen LogP contribution in [-0.2, 0) is 0 Å². The molecule has 2 aromatic rings. The Kier molecular flexibility index (Phi) is 2.28. The predicted octanol–water partition coefficient (Wildman–Crippen LogP) is 0.542. The van der Waals surface area contributed by atoms with E-state index in [2.05, 4.69) is 9.97 Å². The van der Waals surface area contributed by atoms with Crippen LogP contribution in [-0.4, -0.2) is 18.4 Å². The number of hydrogen-bond acceptors (Lipinski definition) is 2. The first-order valence-corrected chi connectivity index (χ1v) is 3.30. The van der Waals surface area contributed by atoms with Gasteiger partial charge in [0.05, 0.1) is 5.52 Å². The molecule has 0 aliphatic rings. The number of fused-ring (bicyclic) bond motifs is 1. The first kappa shape index (κ1) is 8.52. The number of aromatic nitrogens is 2. The smallest absolute Gasteiger partial charge is 0.305 e. The average molecular weight is 157 g/mol. The topological polar surface area (TPSA) is 45.8 Å². The normalized spacial score (nSPS) is 9.33. The van der Waals surface area contributed by atoms with Gasteiger partial charge in [0, 0.05) is 20.0 Å². The molecule has 0 aliphatic carbocycles. The highest BCUT2D eigenvalue weighted by molar-refractivity contribution is 5.76. The Morgan fingerprint density at radius 1 is 1.25 bits per heavy atom. The van der Waals surface area contributed by atoms with Crippen molar-refractivity contribution in [1.29, 1.82) is 0 Å². The van der Waals surface area contributed by atoms with Gasteiger partial charge in [0.2, 0.25) is 0 Å². The van der Waals surface area contributed by atoms with Gasteiger partial charge >= 0.3 is 5.69 Å². The minimum atomic E-state index is -0.302. The Bertz CT molecular complexity index is 438. The summed E-state index contributed by atoms with van der Waals surface area (Å²) in [6, 6.07) is 7.53. The number of nitrogens with one attached hydrogen (secondary N) is 1. The third kappa shape index (κ3) is 1.37. The van der Waals surface area contributed by atoms with E-state index in [1.165, 1.54) is 0 Å². The molecule has 57 valence electrons. The van der Waals surface area contributed by atoms with Crippen LogP contribution >= 0.6 is 0 Å². The highest BCUT2D eigenvalue weighted by Gasteiger charge is 1.90. The SMILES string of the molecule is O=c1ncc2ccccc2[nH]1.[B]. The summed E-state index contributed by atoms with van der Waals surface area (Å²) in [5.41, 5.74) is 0.524. The van der Waals surface area contributed by atoms with Crippen LogP contribution in [0.4, 0.5) is 0 Å². The molecule has 1 aromatic carbocycles. The van der Waals surface area contributed by atoms with E-state index in [4.69, 9.17) is 0 Å². The molecule has 0 saturated carbocycles. The molecule has 0 fully saturated rings. The van der Waals surface area contributed by atoms with Gasteiger partial charge in [-0.3, -0.25) is 0 Å². The van der Waals surface area contributed by atoms with E-state index in [9.17, 15) is 4.79 Å². The molecule has 3 nitrogen and oxygen atoms in total. The van der Waals surface area contributed by atoms with E-state index in [1.807, 2.05) is 24.3 Å². The second-order valence-electron chi connectivity index (χ2n) is 2.28. The number of para-hydroxylation sites is 1. The van der Waals surface area contributed by atoms with Gasteiger partial charge in [-0.1, -0.05) is 18.2 Å². The van der Waals surface area contributed by atoms with Gasteiger partial charge < -0.3 is 4.98 Å². The summed E-state index contributed by atoms with van der Waals surface area (Å²) in [5, 5.41) is 0.951. The fourth-order valence-electron chi connectivity index (χ4n) is 0.999. The zero-order valence-electron chi connectivity index (χ0n) is 6.32. The molecule has 1 N–H and O–H groups in total. The lowest BCUT2D eigenvalue weighted by Crippen LogP contribution is -2.07. The molecule has 0 atom stereocenters. The quantitative estimate of drug-likeness (QED) is 0.567. The highest BCUT2D eigenvalue weighted by Crippen LogP contribution is 2.05. The second kappa shape index (κ2) is 3.22. The van der Waals surface area contributed by atoms with Gasteiger partial charge in [-0.15, -0.1) is 0 Å². The summed E-state index contributed by atoms with van der Waals surface area (Å²) < 4.78 is 0. The van der Waals surface area contributed by atoms with Gasteiger partial charge in [0.15, 0.2) is 0 Å². The lowest BCUT2D eigenvalue weighted by molar-refractivity contribution is 1.12. The number of aromatic amines is 1. The van der Waals surface area contributed by atoms with Crippen LogP contribution in [0, 0.1) is 0 Å². The first-order chi connectivity index (χ1) is 5.36. The van der Waals surface area contributed by atoms with Gasteiger partial charge in [0.1, 0.15) is 0 Å². The molecule has 0 spiro atoms. The molecule has 1 heterocycles. The Hall–Kier alpha value is -1.58. The number of hydrogen-bond donors (Lipinski definition) is 1. The molecule has 0 aliphatic heterocycles. The molecule has 0 saturated heterocycles. The summed E-state index contributed by atoms with van der Waals surface area (Å²) in [5.74, 6) is 0. The maximum Gasteiger partial charge on any atom is 0.345 e. The van der Waals surface area contributed by atoms with Crippen molar-refractivity contribution in [2.24, 2.45) is 0 Å². The Morgan fingerprint density at radius 3 is 2.83 bits per heavy atom. The second-order valence-corrected chi connectivity index (χ2v) is 2.28. The molecular weight excluding hydrogens is 151 g/mol. The monoisotopic (exact) mass is 157 g/mol. The van der Waals surface area contributed by atoms with E-state index in [0.29, 0.717) is 0 Å². The summed E-state index contributed by atoms with van der Waals surface area (Å²) in [4.78, 5) is 16.9. The third-order valence-electron chi connectivity index (χ3n) is 1.52. The van der Waals surface area contributed by atoms with E-state index < -0.39 is 0 Å². The summed E-state index contributed by atoms with van der Waals surface area (Å²) in [6.45, 7) is 0. The zero-order valence-corrected chi connectivity index (χ0v) is 6.32. The zero-order chi connectivity index (χ0) is 7.68. The van der Waals surface area contributed by atoms with Crippen molar-refractivity contribution in [3.05, 3.63) is 40.9 Å². The fraction of sp³-hybridized carbons (Fsp3) is 0. The largest absolute Gasteiger partial charge is 0.345 e. The van der Waals surface area contributed by atoms with Crippen LogP contribution in [0.3, 0.4) is 0 Å². The number of nitrogens with zero attached hydrogens (tertiary/aromatic N) is 1. The van der Waals surface area contributed by atoms with Crippen molar-refractivity contribution < 1.29 is 0 Å². The molecule has 4 heteroatoms. The van der Waals surface area contributed by atoms with Crippen LogP contribution < -0.4 is 5.69 Å². The third-order valence-corrected chi connectivity index (χ3v) is 1.52. The molecule has 12 heavy (non-hydrogen) atoms. The van der Waals surface area contributed by atoms with Gasteiger partial charge in [-0.25, -0.2) is 9.78 Å². The Morgan fingerprint density at radius 2 is 2.00 bits per heavy atom. The van der Waals surface area contributed by atoms with Crippen molar-refractivity contribution in [3.63, 3.8) is 0 Å². The number of rotatable bonds is 0. The van der Waals surface area contributed by atoms with E-state index in [0.717, 1.165) is 10.9 Å². The van der Waals surface area contributed by atoms with E-state index in [1.54, 1.807) is 6.20 Å². The molecule has 0 amide bonds. The van der Waals surface area contributed by atoms with Crippen LogP contribution in [0.2, 0.25) is 0 Å². The summed E-state index contributed by atoms with van der Waals surface area (Å²) in [6.07, 6.45) is 1.56. The number of H-pyrrole nitrogens is 1. The van der Waals surface area contributed by atoms with Crippen molar-refractivity contribution in [2.75, 3.05) is 0 Å². The Labute approximate surface area is 71.0 Å². The van der Waals surface area contributed by atoms with Crippen LogP contribution in [0.1, 0.15) is 0 Å². The van der Waals surface area contributed by atoms with E-state index in [-0.39, 0.29) is 14.1 Å². The first-order valence-electron chi connectivity index (χ1n) is 3.30. The molecule has 2 rings (SSSR count). The van der Waals surface area contributed by atoms with Crippen molar-refractivity contribution in [1.82, 2.24) is 9.97 Å². The van der Waals surface area contributed by atoms with Crippen LogP contribution in [0.15, 0.2) is 35.3 Å². The number of benzene rings is 1. The fourth-order valence-corrected chi connectivity index (χ4v) is 0.999. The molecule has 3 radical (unpaired) electrons. The Balaban J connectivity index is 0.000000720. The standard InChI is InChI=1S/C8H6N2O.B/c11-8-9-5-6-3-1-2-4-7(6)10-8;/h1-5H,(H,9,10,11);. The van der Waals surface area contributed by atoms with Gasteiger partial charge in [0.25, 0.3) is 0 Å². The minimum absolute atomic E-state index is 0. The summed E-state index contributed by atoms with van der Waals surface area (Å²) in [7, 11) is 0. The van der Waals surface area contributed by atoms with Crippen molar-refractivity contribution in [3.8, 4) is 0 Å². The predicted molar refractivity (Wildman–Crippen MR) is 48.1 cm³/mol. The maximum absolute atomic E-state index is 10.7. The lowest BCUT2D eigenvalue weighted by Gasteiger charge is -1.92. The molecular formula is C8H6BN2O. The molecule has 1 aromatic heterocycles. The summed E-state index contributed by atoms with van der Waals surface area (Å²) >= 11 is 0. The van der Waals surface area contributed by atoms with Crippen molar-refractivity contribution >= 4 is 19.3 Å². The highest BCUT2D eigenvalue weighted by atomic mass is 16.1. The van der Waals surface area contributed by atoms with Crippen molar-refractivity contribution in [2.45, 2.75) is 0 Å². The van der Waals surface area contributed by atoms with Gasteiger partial charge in [-0.05, 0) is 6.07 Å². The van der Waals surface area contributed by atoms with E-state index >= 15 is 0 Å². The minimum Gasteiger partial charge on any atom is -0.305 e. The molecule has 0 unspecified atom stereocenters. The van der Waals surface area contributed by atoms with Crippen LogP contribution in [0.25, 0.3) is 10.9 Å². The maximum atomic E-state index is 10.7. The lowest BCUT2D eigenvalue weighted by atomic mass is 10.2. The molecule has 0 bridgehead atoms.